The van der Waals surface area contributed by atoms with Crippen molar-refractivity contribution >= 4 is 5.97 Å². The topological polar surface area (TPSA) is 48.0 Å². The average Bonchev–Trinajstić information content (AvgIpc) is 3.04. The third kappa shape index (κ3) is 4.62. The number of allylic oxidation sites excluding steroid dienone is 1. The van der Waals surface area contributed by atoms with Crippen LogP contribution in [0, 0.1) is 0 Å². The van der Waals surface area contributed by atoms with Crippen LogP contribution >= 0.6 is 0 Å². The second-order valence-electron chi connectivity index (χ2n) is 9.22. The van der Waals surface area contributed by atoms with Crippen LogP contribution in [0.4, 0.5) is 0 Å². The maximum absolute atomic E-state index is 12.4. The molecule has 1 saturated heterocycles. The van der Waals surface area contributed by atoms with Gasteiger partial charge in [0.1, 0.15) is 5.76 Å². The Morgan fingerprint density at radius 3 is 2.52 bits per heavy atom. The van der Waals surface area contributed by atoms with E-state index in [1.165, 1.54) is 24.8 Å². The summed E-state index contributed by atoms with van der Waals surface area (Å²) in [5, 5.41) is 0. The number of nitrogens with zero attached hydrogens (tertiary/aromatic N) is 1. The second-order valence-corrected chi connectivity index (χ2v) is 9.22. The molecule has 0 saturated carbocycles. The molecule has 172 valence electrons. The van der Waals surface area contributed by atoms with Gasteiger partial charge in [-0.3, -0.25) is 9.69 Å². The molecule has 1 fully saturated rings. The van der Waals surface area contributed by atoms with Crippen molar-refractivity contribution in [1.82, 2.24) is 4.90 Å². The fourth-order valence-corrected chi connectivity index (χ4v) is 5.42. The smallest absolute Gasteiger partial charge is 0.310 e. The van der Waals surface area contributed by atoms with Crippen LogP contribution in [0.15, 0.2) is 30.0 Å². The van der Waals surface area contributed by atoms with Gasteiger partial charge in [-0.1, -0.05) is 38.7 Å². The highest BCUT2D eigenvalue weighted by Gasteiger charge is 2.56. The summed E-state index contributed by atoms with van der Waals surface area (Å²) in [6.45, 7) is 5.47. The summed E-state index contributed by atoms with van der Waals surface area (Å²) in [7, 11) is 5.51. The van der Waals surface area contributed by atoms with E-state index in [-0.39, 0.29) is 16.9 Å². The standard InChI is InChI=1S/C26H39NO4/c1-6-7-8-9-10-11-24(28)31-21-14-15-26(16-17-27(3)25(26,2)19-21)20-12-13-22(29-4)23(18-20)30-5/h12-13,18-19H,6-11,14-17H2,1-5H3/t25-,26-/m0/s1. The molecule has 0 aromatic heterocycles. The summed E-state index contributed by atoms with van der Waals surface area (Å²) in [5.74, 6) is 2.24. The summed E-state index contributed by atoms with van der Waals surface area (Å²) in [6.07, 6.45) is 11.2. The third-order valence-corrected chi connectivity index (χ3v) is 7.54. The molecule has 1 aliphatic carbocycles. The van der Waals surface area contributed by atoms with Gasteiger partial charge in [0.05, 0.1) is 14.2 Å². The minimum atomic E-state index is -0.221. The molecule has 3 rings (SSSR count). The zero-order chi connectivity index (χ0) is 22.5. The van der Waals surface area contributed by atoms with Crippen molar-refractivity contribution < 1.29 is 19.0 Å². The van der Waals surface area contributed by atoms with Crippen molar-refractivity contribution in [3.05, 3.63) is 35.6 Å². The summed E-state index contributed by atoms with van der Waals surface area (Å²) in [4.78, 5) is 14.8. The van der Waals surface area contributed by atoms with Gasteiger partial charge in [-0.05, 0) is 63.6 Å². The lowest BCUT2D eigenvalue weighted by atomic mass is 9.61. The van der Waals surface area contributed by atoms with E-state index in [1.807, 2.05) is 6.07 Å². The molecule has 0 N–H and O–H groups in total. The normalized spacial score (nSPS) is 25.6. The number of methoxy groups -OCH3 is 2. The van der Waals surface area contributed by atoms with Gasteiger partial charge in [-0.2, -0.15) is 0 Å². The van der Waals surface area contributed by atoms with E-state index in [2.05, 4.69) is 44.0 Å². The number of ether oxygens (including phenoxy) is 3. The van der Waals surface area contributed by atoms with Gasteiger partial charge in [-0.25, -0.2) is 0 Å². The maximum atomic E-state index is 12.4. The first-order chi connectivity index (χ1) is 14.9. The molecule has 5 nitrogen and oxygen atoms in total. The number of rotatable bonds is 10. The minimum Gasteiger partial charge on any atom is -0.493 e. The van der Waals surface area contributed by atoms with Crippen molar-refractivity contribution in [2.45, 2.75) is 82.6 Å². The van der Waals surface area contributed by atoms with Crippen LogP contribution in [0.2, 0.25) is 0 Å². The molecular formula is C26H39NO4. The van der Waals surface area contributed by atoms with Gasteiger partial charge in [0.25, 0.3) is 0 Å². The number of carbonyl (C=O) groups excluding carboxylic acids is 1. The van der Waals surface area contributed by atoms with Crippen LogP contribution in [-0.2, 0) is 14.9 Å². The number of hydrogen-bond acceptors (Lipinski definition) is 5. The van der Waals surface area contributed by atoms with Crippen molar-refractivity contribution in [2.75, 3.05) is 27.8 Å². The Morgan fingerprint density at radius 2 is 1.81 bits per heavy atom. The van der Waals surface area contributed by atoms with Crippen LogP contribution in [0.3, 0.4) is 0 Å². The van der Waals surface area contributed by atoms with Crippen LogP contribution in [0.1, 0.15) is 77.2 Å². The fraction of sp³-hybridized carbons (Fsp3) is 0.654. The number of likely N-dealkylation sites (tertiary alicyclic amines) is 1. The molecule has 31 heavy (non-hydrogen) atoms. The highest BCUT2D eigenvalue weighted by Crippen LogP contribution is 2.55. The van der Waals surface area contributed by atoms with Gasteiger partial charge < -0.3 is 14.2 Å². The van der Waals surface area contributed by atoms with E-state index in [4.69, 9.17) is 14.2 Å². The van der Waals surface area contributed by atoms with Gasteiger partial charge in [0.15, 0.2) is 11.5 Å². The van der Waals surface area contributed by atoms with Crippen molar-refractivity contribution in [3.8, 4) is 11.5 Å². The number of unbranched alkanes of at least 4 members (excludes halogenated alkanes) is 4. The van der Waals surface area contributed by atoms with E-state index >= 15 is 0 Å². The Bertz CT molecular complexity index is 805. The molecule has 0 amide bonds. The summed E-state index contributed by atoms with van der Waals surface area (Å²) in [5.41, 5.74) is 0.994. The predicted octanol–water partition coefficient (Wildman–Crippen LogP) is 5.62. The van der Waals surface area contributed by atoms with E-state index in [9.17, 15) is 4.79 Å². The van der Waals surface area contributed by atoms with Crippen molar-refractivity contribution in [1.29, 1.82) is 0 Å². The van der Waals surface area contributed by atoms with Gasteiger partial charge >= 0.3 is 5.97 Å². The summed E-state index contributed by atoms with van der Waals surface area (Å²) in [6, 6.07) is 6.29. The first kappa shape index (κ1) is 23.6. The van der Waals surface area contributed by atoms with Crippen LogP contribution in [0.5, 0.6) is 11.5 Å². The SMILES string of the molecule is CCCCCCCC(=O)OC1=C[C@]2(C)N(C)CC[C@]2(c2ccc(OC)c(OC)c2)CC1. The molecule has 0 spiro atoms. The molecule has 1 aromatic carbocycles. The fourth-order valence-electron chi connectivity index (χ4n) is 5.42. The number of esters is 1. The molecule has 2 atom stereocenters. The van der Waals surface area contributed by atoms with Gasteiger partial charge in [0, 0.05) is 23.8 Å². The zero-order valence-corrected chi connectivity index (χ0v) is 20.0. The Labute approximate surface area is 187 Å². The molecule has 2 aliphatic rings. The highest BCUT2D eigenvalue weighted by atomic mass is 16.5. The van der Waals surface area contributed by atoms with Gasteiger partial charge in [0.2, 0.25) is 0 Å². The molecule has 5 heteroatoms. The van der Waals surface area contributed by atoms with Crippen LogP contribution in [-0.4, -0.2) is 44.2 Å². The van der Waals surface area contributed by atoms with Gasteiger partial charge in [-0.15, -0.1) is 0 Å². The summed E-state index contributed by atoms with van der Waals surface area (Å²) >= 11 is 0. The van der Waals surface area contributed by atoms with E-state index < -0.39 is 0 Å². The van der Waals surface area contributed by atoms with Crippen LogP contribution in [0.25, 0.3) is 0 Å². The number of carbonyl (C=O) groups is 1. The number of fused-ring (bicyclic) bond motifs is 1. The quantitative estimate of drug-likeness (QED) is 0.357. The van der Waals surface area contributed by atoms with Crippen molar-refractivity contribution in [2.24, 2.45) is 0 Å². The minimum absolute atomic E-state index is 0.0443. The molecule has 0 bridgehead atoms. The Morgan fingerprint density at radius 1 is 1.06 bits per heavy atom. The molecule has 0 radical (unpaired) electrons. The molecule has 1 aromatic rings. The second kappa shape index (κ2) is 10.1. The monoisotopic (exact) mass is 429 g/mol. The lowest BCUT2D eigenvalue weighted by molar-refractivity contribution is -0.140. The van der Waals surface area contributed by atoms with Crippen molar-refractivity contribution in [3.63, 3.8) is 0 Å². The number of hydrogen-bond donors (Lipinski definition) is 0. The lowest BCUT2D eigenvalue weighted by Crippen LogP contribution is -2.53. The Hall–Kier alpha value is -2.01. The number of likely N-dealkylation sites (N-methyl/N-ethyl adjacent to an activating group) is 1. The predicted molar refractivity (Wildman–Crippen MR) is 124 cm³/mol. The number of benzene rings is 1. The largest absolute Gasteiger partial charge is 0.493 e. The van der Waals surface area contributed by atoms with E-state index in [1.54, 1.807) is 14.2 Å². The first-order valence-corrected chi connectivity index (χ1v) is 11.8. The highest BCUT2D eigenvalue weighted by molar-refractivity contribution is 5.70. The molecular weight excluding hydrogens is 390 g/mol. The van der Waals surface area contributed by atoms with Crippen LogP contribution < -0.4 is 9.47 Å². The Balaban J connectivity index is 1.78. The molecule has 0 unspecified atom stereocenters. The molecule has 1 aliphatic heterocycles. The van der Waals surface area contributed by atoms with E-state index in [0.29, 0.717) is 6.42 Å². The maximum Gasteiger partial charge on any atom is 0.310 e. The Kier molecular flexibility index (Phi) is 7.68. The average molecular weight is 430 g/mol. The summed E-state index contributed by atoms with van der Waals surface area (Å²) < 4.78 is 16.9. The third-order valence-electron chi connectivity index (χ3n) is 7.54. The molecule has 1 heterocycles. The first-order valence-electron chi connectivity index (χ1n) is 11.8. The lowest BCUT2D eigenvalue weighted by Gasteiger charge is -2.48. The zero-order valence-electron chi connectivity index (χ0n) is 20.0. The van der Waals surface area contributed by atoms with E-state index in [0.717, 1.165) is 55.9 Å².